The van der Waals surface area contributed by atoms with Crippen LogP contribution < -0.4 is 0 Å². The predicted molar refractivity (Wildman–Crippen MR) is 117 cm³/mol. The molecule has 0 radical (unpaired) electrons. The van der Waals surface area contributed by atoms with E-state index in [2.05, 4.69) is 16.0 Å². The zero-order valence-electron chi connectivity index (χ0n) is 17.6. The molecule has 2 heterocycles. The molecule has 0 aliphatic carbocycles. The third-order valence-electron chi connectivity index (χ3n) is 4.88. The van der Waals surface area contributed by atoms with Crippen LogP contribution in [0.1, 0.15) is 31.9 Å². The molecule has 0 fully saturated rings. The van der Waals surface area contributed by atoms with Gasteiger partial charge in [0.2, 0.25) is 0 Å². The van der Waals surface area contributed by atoms with Gasteiger partial charge in [0.25, 0.3) is 0 Å². The summed E-state index contributed by atoms with van der Waals surface area (Å²) in [5.74, 6) is 0. The Labute approximate surface area is 176 Å². The Balaban J connectivity index is 1.50. The maximum Gasteiger partial charge on any atom is 0.155 e. The summed E-state index contributed by atoms with van der Waals surface area (Å²) in [6, 6.07) is 16.1. The van der Waals surface area contributed by atoms with E-state index >= 15 is 0 Å². The fourth-order valence-electron chi connectivity index (χ4n) is 3.48. The van der Waals surface area contributed by atoms with Gasteiger partial charge in [0, 0.05) is 5.39 Å². The highest BCUT2D eigenvalue weighted by atomic mass is 16.7. The van der Waals surface area contributed by atoms with Crippen molar-refractivity contribution >= 4 is 21.9 Å². The van der Waals surface area contributed by atoms with Crippen LogP contribution in [0.5, 0.6) is 0 Å². The Bertz CT molecular complexity index is 1130. The molecule has 30 heavy (non-hydrogen) atoms. The molecule has 6 nitrogen and oxygen atoms in total. The van der Waals surface area contributed by atoms with Crippen LogP contribution in [-0.4, -0.2) is 31.5 Å². The van der Waals surface area contributed by atoms with E-state index in [4.69, 9.17) is 9.47 Å². The second kappa shape index (κ2) is 8.52. The lowest BCUT2D eigenvalue weighted by atomic mass is 10.1. The second-order valence-electron chi connectivity index (χ2n) is 8.20. The molecule has 1 atom stereocenters. The third kappa shape index (κ3) is 4.84. The van der Waals surface area contributed by atoms with E-state index < -0.39 is 5.60 Å². The van der Waals surface area contributed by atoms with Crippen molar-refractivity contribution in [3.05, 3.63) is 72.2 Å². The lowest BCUT2D eigenvalue weighted by Gasteiger charge is -2.18. The Kier molecular flexibility index (Phi) is 5.81. The van der Waals surface area contributed by atoms with Gasteiger partial charge in [0.05, 0.1) is 48.9 Å². The Hall–Kier alpha value is -2.80. The normalized spacial score (nSPS) is 13.2. The van der Waals surface area contributed by atoms with Crippen molar-refractivity contribution in [3.63, 3.8) is 0 Å². The first kappa shape index (κ1) is 20.5. The predicted octanol–water partition coefficient (Wildman–Crippen LogP) is 4.43. The summed E-state index contributed by atoms with van der Waals surface area (Å²) >= 11 is 0. The topological polar surface area (TPSA) is 69.4 Å². The Morgan fingerprint density at radius 2 is 1.70 bits per heavy atom. The first-order valence-corrected chi connectivity index (χ1v) is 10.1. The van der Waals surface area contributed by atoms with Crippen LogP contribution in [0.4, 0.5) is 0 Å². The van der Waals surface area contributed by atoms with Crippen LogP contribution in [0.25, 0.3) is 21.9 Å². The molecule has 0 aliphatic rings. The zero-order chi connectivity index (χ0) is 21.1. The van der Waals surface area contributed by atoms with Crippen molar-refractivity contribution in [3.8, 4) is 0 Å². The SMILES string of the molecule is CC(OCc1ccccc1)OCc1ccc2ncc3ncn(CC(C)(C)O)c3c2c1. The van der Waals surface area contributed by atoms with Crippen LogP contribution >= 0.6 is 0 Å². The van der Waals surface area contributed by atoms with E-state index in [1.807, 2.05) is 54.0 Å². The summed E-state index contributed by atoms with van der Waals surface area (Å²) in [7, 11) is 0. The van der Waals surface area contributed by atoms with E-state index in [9.17, 15) is 5.11 Å². The number of pyridine rings is 1. The summed E-state index contributed by atoms with van der Waals surface area (Å²) in [5.41, 5.74) is 3.98. The molecule has 0 saturated heterocycles. The Morgan fingerprint density at radius 1 is 0.967 bits per heavy atom. The fraction of sp³-hybridized carbons (Fsp3) is 0.333. The number of benzene rings is 2. The van der Waals surface area contributed by atoms with Crippen molar-refractivity contribution in [2.75, 3.05) is 0 Å². The summed E-state index contributed by atoms with van der Waals surface area (Å²) in [4.78, 5) is 8.96. The number of nitrogens with zero attached hydrogens (tertiary/aromatic N) is 3. The lowest BCUT2D eigenvalue weighted by molar-refractivity contribution is -0.144. The molecule has 1 N–H and O–H groups in total. The van der Waals surface area contributed by atoms with E-state index in [1.54, 1.807) is 26.4 Å². The maximum absolute atomic E-state index is 10.3. The molecule has 2 aromatic heterocycles. The largest absolute Gasteiger partial charge is 0.389 e. The minimum Gasteiger partial charge on any atom is -0.389 e. The minimum atomic E-state index is -0.838. The van der Waals surface area contributed by atoms with Gasteiger partial charge in [-0.3, -0.25) is 4.98 Å². The van der Waals surface area contributed by atoms with Crippen LogP contribution in [-0.2, 0) is 29.2 Å². The number of rotatable bonds is 8. The number of hydrogen-bond donors (Lipinski definition) is 1. The monoisotopic (exact) mass is 405 g/mol. The van der Waals surface area contributed by atoms with Crippen LogP contribution in [0, 0.1) is 0 Å². The highest BCUT2D eigenvalue weighted by molar-refractivity contribution is 6.02. The van der Waals surface area contributed by atoms with Crippen LogP contribution in [0.3, 0.4) is 0 Å². The summed E-state index contributed by atoms with van der Waals surface area (Å²) in [6.45, 7) is 6.88. The number of aliphatic hydroxyl groups is 1. The first-order chi connectivity index (χ1) is 14.4. The minimum absolute atomic E-state index is 0.324. The first-order valence-electron chi connectivity index (χ1n) is 10.1. The fourth-order valence-corrected chi connectivity index (χ4v) is 3.48. The Morgan fingerprint density at radius 3 is 2.43 bits per heavy atom. The summed E-state index contributed by atoms with van der Waals surface area (Å²) in [5, 5.41) is 11.2. The molecule has 1 unspecified atom stereocenters. The van der Waals surface area contributed by atoms with Crippen molar-refractivity contribution in [1.82, 2.24) is 14.5 Å². The molecule has 2 aromatic carbocycles. The highest BCUT2D eigenvalue weighted by Crippen LogP contribution is 2.25. The van der Waals surface area contributed by atoms with Crippen molar-refractivity contribution in [2.45, 2.75) is 52.4 Å². The van der Waals surface area contributed by atoms with Gasteiger partial charge < -0.3 is 19.1 Å². The number of ether oxygens (including phenoxy) is 2. The molecule has 0 amide bonds. The van der Waals surface area contributed by atoms with Crippen LogP contribution in [0.2, 0.25) is 0 Å². The molecule has 4 rings (SSSR count). The van der Waals surface area contributed by atoms with Crippen molar-refractivity contribution in [2.24, 2.45) is 0 Å². The molecule has 0 spiro atoms. The van der Waals surface area contributed by atoms with Gasteiger partial charge in [0.15, 0.2) is 6.29 Å². The van der Waals surface area contributed by atoms with Gasteiger partial charge in [0.1, 0.15) is 5.52 Å². The lowest BCUT2D eigenvalue weighted by Crippen LogP contribution is -2.25. The average Bonchev–Trinajstić information content (AvgIpc) is 3.13. The van der Waals surface area contributed by atoms with E-state index in [0.29, 0.717) is 19.8 Å². The molecule has 156 valence electrons. The van der Waals surface area contributed by atoms with Gasteiger partial charge in [-0.1, -0.05) is 36.4 Å². The van der Waals surface area contributed by atoms with Gasteiger partial charge in [-0.25, -0.2) is 4.98 Å². The standard InChI is InChI=1S/C24H27N3O3/c1-17(29-13-18-7-5-4-6-8-18)30-14-19-9-10-21-20(11-19)23-22(12-25-21)26-16-27(23)15-24(2,3)28/h4-12,16-17,28H,13-15H2,1-3H3. The van der Waals surface area contributed by atoms with Crippen molar-refractivity contribution < 1.29 is 14.6 Å². The van der Waals surface area contributed by atoms with E-state index in [-0.39, 0.29) is 6.29 Å². The molecule has 0 saturated carbocycles. The molecule has 4 aromatic rings. The number of aromatic nitrogens is 3. The smallest absolute Gasteiger partial charge is 0.155 e. The molecule has 6 heteroatoms. The van der Waals surface area contributed by atoms with Crippen molar-refractivity contribution in [1.29, 1.82) is 0 Å². The van der Waals surface area contributed by atoms with Gasteiger partial charge in [-0.05, 0) is 44.0 Å². The quantitative estimate of drug-likeness (QED) is 0.439. The van der Waals surface area contributed by atoms with Crippen LogP contribution in [0.15, 0.2) is 61.1 Å². The number of fused-ring (bicyclic) bond motifs is 3. The third-order valence-corrected chi connectivity index (χ3v) is 4.88. The maximum atomic E-state index is 10.3. The van der Waals surface area contributed by atoms with E-state index in [1.165, 1.54) is 0 Å². The molecular weight excluding hydrogens is 378 g/mol. The van der Waals surface area contributed by atoms with Gasteiger partial charge in [-0.15, -0.1) is 0 Å². The van der Waals surface area contributed by atoms with E-state index in [0.717, 1.165) is 33.1 Å². The molecular formula is C24H27N3O3. The summed E-state index contributed by atoms with van der Waals surface area (Å²) in [6.07, 6.45) is 3.20. The highest BCUT2D eigenvalue weighted by Gasteiger charge is 2.17. The molecule has 0 aliphatic heterocycles. The van der Waals surface area contributed by atoms with Gasteiger partial charge in [-0.2, -0.15) is 0 Å². The zero-order valence-corrected chi connectivity index (χ0v) is 17.6. The number of imidazole rings is 1. The second-order valence-corrected chi connectivity index (χ2v) is 8.20. The summed E-state index contributed by atoms with van der Waals surface area (Å²) < 4.78 is 13.7. The number of hydrogen-bond acceptors (Lipinski definition) is 5. The van der Waals surface area contributed by atoms with Gasteiger partial charge >= 0.3 is 0 Å². The average molecular weight is 405 g/mol. The molecule has 0 bridgehead atoms.